The van der Waals surface area contributed by atoms with Crippen LogP contribution in [-0.4, -0.2) is 40.4 Å². The van der Waals surface area contributed by atoms with Gasteiger partial charge in [-0.2, -0.15) is 0 Å². The highest BCUT2D eigenvalue weighted by atomic mass is 29.6. The van der Waals surface area contributed by atoms with Crippen LogP contribution in [0.4, 0.5) is 0 Å². The topological polar surface area (TPSA) is 29.5 Å². The van der Waals surface area contributed by atoms with E-state index in [4.69, 9.17) is 4.43 Å². The van der Waals surface area contributed by atoms with E-state index in [1.165, 1.54) is 25.3 Å². The molecular formula is C13H32O2Si3. The van der Waals surface area contributed by atoms with Crippen LogP contribution in [0.1, 0.15) is 46.5 Å². The first-order chi connectivity index (χ1) is 8.19. The predicted octanol–water partition coefficient (Wildman–Crippen LogP) is 2.72. The van der Waals surface area contributed by atoms with Gasteiger partial charge in [0.2, 0.25) is 0 Å². The monoisotopic (exact) mass is 304 g/mol. The maximum absolute atomic E-state index is 10.5. The van der Waals surface area contributed by atoms with Crippen molar-refractivity contribution in [2.24, 2.45) is 0 Å². The third-order valence-corrected chi connectivity index (χ3v) is 35.5. The van der Waals surface area contributed by atoms with Gasteiger partial charge in [-0.05, 0) is 26.3 Å². The van der Waals surface area contributed by atoms with E-state index in [2.05, 4.69) is 40.4 Å². The van der Waals surface area contributed by atoms with E-state index in [0.717, 1.165) is 6.42 Å². The van der Waals surface area contributed by atoms with Crippen molar-refractivity contribution in [3.05, 3.63) is 0 Å². The molecule has 0 amide bonds. The quantitative estimate of drug-likeness (QED) is 0.625. The van der Waals surface area contributed by atoms with Crippen molar-refractivity contribution in [1.82, 2.24) is 0 Å². The van der Waals surface area contributed by atoms with E-state index in [1.54, 1.807) is 0 Å². The summed E-state index contributed by atoms with van der Waals surface area (Å²) < 4.78 is 6.40. The molecule has 108 valence electrons. The molecule has 3 atom stereocenters. The molecule has 1 rings (SSSR count). The highest BCUT2D eigenvalue weighted by molar-refractivity contribution is 7.55. The molecule has 1 aliphatic rings. The Morgan fingerprint density at radius 1 is 1.33 bits per heavy atom. The maximum atomic E-state index is 10.5. The van der Waals surface area contributed by atoms with Crippen LogP contribution >= 0.6 is 0 Å². The van der Waals surface area contributed by atoms with Crippen molar-refractivity contribution >= 4 is 24.0 Å². The summed E-state index contributed by atoms with van der Waals surface area (Å²) in [6.45, 7) is 14.3. The second kappa shape index (κ2) is 6.35. The normalized spacial score (nSPS) is 32.2. The molecule has 0 spiro atoms. The van der Waals surface area contributed by atoms with Crippen molar-refractivity contribution in [1.29, 1.82) is 0 Å². The molecule has 0 aliphatic carbocycles. The van der Waals surface area contributed by atoms with Gasteiger partial charge in [-0.25, -0.2) is 0 Å². The minimum atomic E-state index is -1.35. The van der Waals surface area contributed by atoms with E-state index in [-0.39, 0.29) is 11.3 Å². The molecule has 0 aromatic heterocycles. The van der Waals surface area contributed by atoms with Gasteiger partial charge in [0.05, 0.1) is 13.6 Å². The van der Waals surface area contributed by atoms with Gasteiger partial charge in [0, 0.05) is 13.2 Å². The third kappa shape index (κ3) is 4.30. The lowest BCUT2D eigenvalue weighted by Gasteiger charge is -2.49. The fraction of sp³-hybridized carbons (Fsp3) is 1.00. The zero-order chi connectivity index (χ0) is 14.0. The van der Waals surface area contributed by atoms with Gasteiger partial charge in [0.25, 0.3) is 0 Å². The lowest BCUT2D eigenvalue weighted by atomic mass is 10.2. The second-order valence-electron chi connectivity index (χ2n) is 7.36. The fourth-order valence-electron chi connectivity index (χ4n) is 3.39. The molecule has 0 bridgehead atoms. The highest BCUT2D eigenvalue weighted by Gasteiger charge is 2.49. The Kier molecular flexibility index (Phi) is 5.86. The Labute approximate surface area is 117 Å². The first-order valence-electron chi connectivity index (χ1n) is 7.55. The maximum Gasteiger partial charge on any atom is 0.187 e. The molecule has 18 heavy (non-hydrogen) atoms. The van der Waals surface area contributed by atoms with Crippen LogP contribution in [0.25, 0.3) is 0 Å². The first-order valence-corrected chi connectivity index (χ1v) is 17.5. The summed E-state index contributed by atoms with van der Waals surface area (Å²) in [5.74, 6) is 0. The molecular weight excluding hydrogens is 272 g/mol. The Morgan fingerprint density at radius 2 is 1.94 bits per heavy atom. The van der Waals surface area contributed by atoms with Gasteiger partial charge >= 0.3 is 0 Å². The van der Waals surface area contributed by atoms with Crippen molar-refractivity contribution < 1.29 is 9.53 Å². The SMILES string of the molecule is CCCCCC(O)[SiH]1OC(C)(C)C[Si](C)(C)[SiH]1C. The molecule has 1 aliphatic heterocycles. The Balaban J connectivity index is 2.67. The average molecular weight is 305 g/mol. The molecule has 1 N–H and O–H groups in total. The van der Waals surface area contributed by atoms with E-state index in [1.807, 2.05) is 0 Å². The lowest BCUT2D eigenvalue weighted by molar-refractivity contribution is 0.104. The second-order valence-corrected chi connectivity index (χ2v) is 29.6. The van der Waals surface area contributed by atoms with Crippen molar-refractivity contribution in [3.8, 4) is 0 Å². The number of aliphatic hydroxyl groups is 1. The van der Waals surface area contributed by atoms with Crippen LogP contribution in [0.15, 0.2) is 0 Å². The number of hydrogen-bond donors (Lipinski definition) is 1. The number of hydrogen-bond acceptors (Lipinski definition) is 2. The minimum Gasteiger partial charge on any atom is -0.417 e. The van der Waals surface area contributed by atoms with Crippen molar-refractivity contribution in [3.63, 3.8) is 0 Å². The third-order valence-electron chi connectivity index (χ3n) is 4.54. The minimum absolute atomic E-state index is 0.0395. The van der Waals surface area contributed by atoms with Crippen LogP contribution in [0, 0.1) is 0 Å². The van der Waals surface area contributed by atoms with E-state index in [0.29, 0.717) is 0 Å². The van der Waals surface area contributed by atoms with Gasteiger partial charge in [-0.3, -0.25) is 0 Å². The smallest absolute Gasteiger partial charge is 0.187 e. The standard InChI is InChI=1S/C13H32O2Si3/c1-7-8-9-10-12(14)17-15-13(2,3)11-18(5,6)16(17)4/h12,14,16-17H,7-11H2,1-6H3. The number of rotatable bonds is 5. The molecule has 1 fully saturated rings. The molecule has 1 saturated heterocycles. The Morgan fingerprint density at radius 3 is 2.50 bits per heavy atom. The largest absolute Gasteiger partial charge is 0.417 e. The number of unbranched alkanes of at least 4 members (excludes halogenated alkanes) is 2. The Hall–Kier alpha value is 0.571. The summed E-state index contributed by atoms with van der Waals surface area (Å²) >= 11 is 0. The van der Waals surface area contributed by atoms with Crippen LogP contribution in [0.5, 0.6) is 0 Å². The zero-order valence-electron chi connectivity index (χ0n) is 13.1. The fourth-order valence-corrected chi connectivity index (χ4v) is 30.5. The van der Waals surface area contributed by atoms with E-state index < -0.39 is 24.0 Å². The summed E-state index contributed by atoms with van der Waals surface area (Å²) in [7, 11) is -3.24. The summed E-state index contributed by atoms with van der Waals surface area (Å²) in [6, 6.07) is 1.29. The predicted molar refractivity (Wildman–Crippen MR) is 87.8 cm³/mol. The first kappa shape index (κ1) is 16.6. The van der Waals surface area contributed by atoms with Crippen molar-refractivity contribution in [2.75, 3.05) is 0 Å². The molecule has 0 aromatic carbocycles. The lowest BCUT2D eigenvalue weighted by Crippen LogP contribution is -2.68. The van der Waals surface area contributed by atoms with Crippen LogP contribution in [0.2, 0.25) is 25.7 Å². The van der Waals surface area contributed by atoms with E-state index in [9.17, 15) is 5.11 Å². The number of aliphatic hydroxyl groups excluding tert-OH is 1. The summed E-state index contributed by atoms with van der Waals surface area (Å²) in [4.78, 5) is 0. The summed E-state index contributed by atoms with van der Waals surface area (Å²) in [5.41, 5.74) is -0.0396. The summed E-state index contributed by atoms with van der Waals surface area (Å²) in [5, 5.41) is 10.5. The molecule has 5 heteroatoms. The van der Waals surface area contributed by atoms with Gasteiger partial charge in [0.15, 0.2) is 8.56 Å². The molecule has 1 heterocycles. The molecule has 2 nitrogen and oxygen atoms in total. The summed E-state index contributed by atoms with van der Waals surface area (Å²) in [6.07, 6.45) is 4.65. The highest BCUT2D eigenvalue weighted by Crippen LogP contribution is 2.34. The van der Waals surface area contributed by atoms with Gasteiger partial charge in [-0.15, -0.1) is 0 Å². The van der Waals surface area contributed by atoms with E-state index >= 15 is 0 Å². The van der Waals surface area contributed by atoms with Crippen LogP contribution < -0.4 is 0 Å². The van der Waals surface area contributed by atoms with Gasteiger partial charge < -0.3 is 9.53 Å². The average Bonchev–Trinajstić information content (AvgIpc) is 2.22. The van der Waals surface area contributed by atoms with Crippen molar-refractivity contribution in [2.45, 2.75) is 83.5 Å². The van der Waals surface area contributed by atoms with Gasteiger partial charge in [-0.1, -0.05) is 45.8 Å². The van der Waals surface area contributed by atoms with Gasteiger partial charge in [0.1, 0.15) is 0 Å². The molecule has 0 radical (unpaired) electrons. The molecule has 3 unspecified atom stereocenters. The molecule has 0 aromatic rings. The van der Waals surface area contributed by atoms with Crippen LogP contribution in [0.3, 0.4) is 0 Å². The van der Waals surface area contributed by atoms with Crippen LogP contribution in [-0.2, 0) is 4.43 Å². The Bertz CT molecular complexity index is 269. The molecule has 0 saturated carbocycles. The zero-order valence-corrected chi connectivity index (χ0v) is 16.4.